The van der Waals surface area contributed by atoms with Gasteiger partial charge in [-0.3, -0.25) is 0 Å². The third-order valence-corrected chi connectivity index (χ3v) is 12.2. The van der Waals surface area contributed by atoms with Crippen molar-refractivity contribution in [2.75, 3.05) is 0 Å². The molecule has 0 aromatic heterocycles. The standard InChI is InChI=1S/C21H36Cl3F9Si2/c1-34(2,15-11-7-4-3-5-8-13-17-35(22,23)24)16-12-9-6-10-14-18(25,26)19(27,28)20(29,30)21(31,32)33/h3-17H2,1-2H3. The molecule has 35 heavy (non-hydrogen) atoms. The molecule has 0 aliphatic heterocycles. The lowest BCUT2D eigenvalue weighted by Crippen LogP contribution is -2.60. The Labute approximate surface area is 218 Å². The smallest absolute Gasteiger partial charge is 0.200 e. The normalized spacial score (nSPS) is 14.6. The third-order valence-electron chi connectivity index (χ3n) is 6.12. The molecule has 0 aliphatic rings. The molecular formula is C21H36Cl3F9Si2. The molecule has 0 nitrogen and oxygen atoms in total. The van der Waals surface area contributed by atoms with Crippen LogP contribution in [-0.2, 0) is 0 Å². The fourth-order valence-electron chi connectivity index (χ4n) is 3.81. The third kappa shape index (κ3) is 13.3. The van der Waals surface area contributed by atoms with Crippen LogP contribution in [0.25, 0.3) is 0 Å². The number of unbranched alkanes of at least 4 members (excludes halogenated alkanes) is 9. The van der Waals surface area contributed by atoms with Gasteiger partial charge in [0.1, 0.15) is 0 Å². The van der Waals surface area contributed by atoms with Crippen LogP contribution in [0.4, 0.5) is 39.5 Å². The molecule has 0 atom stereocenters. The van der Waals surface area contributed by atoms with E-state index in [-0.39, 0.29) is 6.42 Å². The Bertz CT molecular complexity index is 596. The van der Waals surface area contributed by atoms with Gasteiger partial charge in [0.25, 0.3) is 0 Å². The summed E-state index contributed by atoms with van der Waals surface area (Å²) in [7, 11) is -1.51. The van der Waals surface area contributed by atoms with Gasteiger partial charge in [-0.15, -0.1) is 33.2 Å². The van der Waals surface area contributed by atoms with E-state index in [1.807, 2.05) is 0 Å². The van der Waals surface area contributed by atoms with Crippen molar-refractivity contribution in [1.82, 2.24) is 0 Å². The maximum Gasteiger partial charge on any atom is 0.460 e. The summed E-state index contributed by atoms with van der Waals surface area (Å²) in [5.41, 5.74) is 0. The summed E-state index contributed by atoms with van der Waals surface area (Å²) in [4.78, 5) is 0. The van der Waals surface area contributed by atoms with E-state index in [0.717, 1.165) is 57.0 Å². The molecule has 0 aromatic rings. The zero-order valence-corrected chi connectivity index (χ0v) is 24.4. The van der Waals surface area contributed by atoms with E-state index in [9.17, 15) is 39.5 Å². The highest BCUT2D eigenvalue weighted by Crippen LogP contribution is 2.54. The number of rotatable bonds is 19. The lowest BCUT2D eigenvalue weighted by Gasteiger charge is -2.33. The Hall–Kier alpha value is 0.674. The van der Waals surface area contributed by atoms with E-state index in [4.69, 9.17) is 33.2 Å². The lowest BCUT2D eigenvalue weighted by atomic mass is 9.98. The van der Waals surface area contributed by atoms with Gasteiger partial charge in [-0.1, -0.05) is 89.4 Å². The molecule has 0 radical (unpaired) electrons. The second-order valence-corrected chi connectivity index (χ2v) is 24.6. The van der Waals surface area contributed by atoms with E-state index in [1.54, 1.807) is 0 Å². The lowest BCUT2D eigenvalue weighted by molar-refractivity contribution is -0.396. The quantitative estimate of drug-likeness (QED) is 0.0582. The van der Waals surface area contributed by atoms with Crippen molar-refractivity contribution in [1.29, 1.82) is 0 Å². The first kappa shape index (κ1) is 35.7. The topological polar surface area (TPSA) is 0 Å². The van der Waals surface area contributed by atoms with Gasteiger partial charge in [0, 0.05) is 14.5 Å². The van der Waals surface area contributed by atoms with E-state index in [2.05, 4.69) is 13.1 Å². The number of hydrogen-bond donors (Lipinski definition) is 0. The molecule has 14 heteroatoms. The van der Waals surface area contributed by atoms with Crippen molar-refractivity contribution in [2.45, 2.75) is 132 Å². The highest BCUT2D eigenvalue weighted by atomic mass is 35.8. The maximum atomic E-state index is 13.5. The summed E-state index contributed by atoms with van der Waals surface area (Å²) in [6, 6.07) is 0.176. The molecule has 0 bridgehead atoms. The van der Waals surface area contributed by atoms with Crippen LogP contribution in [0.15, 0.2) is 0 Å². The zero-order valence-electron chi connectivity index (χ0n) is 20.1. The SMILES string of the molecule is C[Si](C)(CCCCCCCCC[Si](Cl)(Cl)Cl)CCCCCCC(F)(F)C(F)(F)C(F)(F)C(F)(F)F. The minimum absolute atomic E-state index is 0.0640. The van der Waals surface area contributed by atoms with Crippen LogP contribution in [0, 0.1) is 0 Å². The molecule has 0 N–H and O–H groups in total. The largest absolute Gasteiger partial charge is 0.460 e. The van der Waals surface area contributed by atoms with Gasteiger partial charge in [0.05, 0.1) is 0 Å². The predicted molar refractivity (Wildman–Crippen MR) is 132 cm³/mol. The Morgan fingerprint density at radius 2 is 0.829 bits per heavy atom. The monoisotopic (exact) mass is 620 g/mol. The fraction of sp³-hybridized carbons (Fsp3) is 1.00. The predicted octanol–water partition coefficient (Wildman–Crippen LogP) is 11.5. The van der Waals surface area contributed by atoms with Gasteiger partial charge in [-0.25, -0.2) is 0 Å². The van der Waals surface area contributed by atoms with Crippen molar-refractivity contribution < 1.29 is 39.5 Å². The summed E-state index contributed by atoms with van der Waals surface area (Å²) in [5.74, 6) is -18.8. The van der Waals surface area contributed by atoms with Gasteiger partial charge in [0.15, 0.2) is 0 Å². The van der Waals surface area contributed by atoms with E-state index in [1.165, 1.54) is 0 Å². The minimum atomic E-state index is -6.80. The first-order valence-corrected chi connectivity index (χ1v) is 20.6. The minimum Gasteiger partial charge on any atom is -0.200 e. The fourth-order valence-corrected chi connectivity index (χ4v) is 8.32. The molecule has 212 valence electrons. The molecule has 0 fully saturated rings. The Kier molecular flexibility index (Phi) is 15.0. The molecule has 0 saturated heterocycles. The summed E-state index contributed by atoms with van der Waals surface area (Å²) in [5, 5.41) is 0. The van der Waals surface area contributed by atoms with Crippen molar-refractivity contribution in [3.63, 3.8) is 0 Å². The van der Waals surface area contributed by atoms with E-state index in [0.29, 0.717) is 18.9 Å². The first-order valence-electron chi connectivity index (χ1n) is 11.9. The number of hydrogen-bond acceptors (Lipinski definition) is 0. The van der Waals surface area contributed by atoms with Crippen LogP contribution < -0.4 is 0 Å². The summed E-state index contributed by atoms with van der Waals surface area (Å²) >= 11 is 17.5. The molecular weight excluding hydrogens is 586 g/mol. The average molecular weight is 622 g/mol. The Morgan fingerprint density at radius 3 is 1.20 bits per heavy atom. The highest BCUT2D eigenvalue weighted by Gasteiger charge is 2.81. The van der Waals surface area contributed by atoms with Crippen LogP contribution in [-0.4, -0.2) is 38.0 Å². The summed E-state index contributed by atoms with van der Waals surface area (Å²) in [6.45, 7) is 4.42. The molecule has 0 amide bonds. The molecule has 0 heterocycles. The molecule has 0 unspecified atom stereocenters. The number of alkyl halides is 9. The Morgan fingerprint density at radius 1 is 0.486 bits per heavy atom. The second-order valence-electron chi connectivity index (χ2n) is 10.0. The van der Waals surface area contributed by atoms with Crippen LogP contribution in [0.1, 0.15) is 77.0 Å². The molecule has 0 aliphatic carbocycles. The maximum absolute atomic E-state index is 13.5. The number of halogens is 12. The second kappa shape index (κ2) is 14.7. The van der Waals surface area contributed by atoms with Gasteiger partial charge >= 0.3 is 29.9 Å². The van der Waals surface area contributed by atoms with Crippen molar-refractivity contribution in [3.8, 4) is 0 Å². The summed E-state index contributed by atoms with van der Waals surface area (Å²) in [6.07, 6.45) is -0.301. The van der Waals surface area contributed by atoms with Crippen LogP contribution in [0.3, 0.4) is 0 Å². The first-order chi connectivity index (χ1) is 15.7. The van der Waals surface area contributed by atoms with Gasteiger partial charge in [0.2, 0.25) is 0 Å². The van der Waals surface area contributed by atoms with E-state index >= 15 is 0 Å². The molecule has 0 rings (SSSR count). The van der Waals surface area contributed by atoms with Crippen molar-refractivity contribution in [3.05, 3.63) is 0 Å². The molecule has 0 aromatic carbocycles. The summed E-state index contributed by atoms with van der Waals surface area (Å²) < 4.78 is 116. The van der Waals surface area contributed by atoms with Gasteiger partial charge in [-0.2, -0.15) is 39.5 Å². The average Bonchev–Trinajstić information content (AvgIpc) is 2.67. The molecule has 0 saturated carbocycles. The van der Waals surface area contributed by atoms with Gasteiger partial charge < -0.3 is 0 Å². The Balaban J connectivity index is 4.06. The van der Waals surface area contributed by atoms with Crippen molar-refractivity contribution >= 4 is 47.3 Å². The highest BCUT2D eigenvalue weighted by molar-refractivity contribution is 7.64. The van der Waals surface area contributed by atoms with E-state index < -0.39 is 50.9 Å². The zero-order chi connectivity index (χ0) is 27.6. The van der Waals surface area contributed by atoms with Crippen molar-refractivity contribution in [2.24, 2.45) is 0 Å². The van der Waals surface area contributed by atoms with Crippen LogP contribution in [0.5, 0.6) is 0 Å². The van der Waals surface area contributed by atoms with Gasteiger partial charge in [-0.05, 0) is 12.5 Å². The molecule has 0 spiro atoms. The van der Waals surface area contributed by atoms with Crippen LogP contribution in [0.2, 0.25) is 31.2 Å². The van der Waals surface area contributed by atoms with Crippen LogP contribution >= 0.6 is 33.2 Å².